The first kappa shape index (κ1) is 27.7. The molecule has 2 amide bonds. The highest BCUT2D eigenvalue weighted by atomic mass is 35.5. The highest BCUT2D eigenvalue weighted by Crippen LogP contribution is 2.27. The number of carbonyl (C=O) groups is 2. The van der Waals surface area contributed by atoms with Crippen molar-refractivity contribution >= 4 is 39.1 Å². The molecule has 1 unspecified atom stereocenters. The highest BCUT2D eigenvalue weighted by Gasteiger charge is 2.32. The predicted molar refractivity (Wildman–Crippen MR) is 137 cm³/mol. The molecule has 0 aliphatic rings. The number of nitrogens with one attached hydrogen (secondary N) is 1. The quantitative estimate of drug-likeness (QED) is 0.497. The first-order valence-electron chi connectivity index (χ1n) is 11.3. The molecule has 0 aliphatic carbocycles. The average molecular weight is 508 g/mol. The normalized spacial score (nSPS) is 12.2. The summed E-state index contributed by atoms with van der Waals surface area (Å²) in [7, 11) is -3.81. The molecule has 1 atom stereocenters. The van der Waals surface area contributed by atoms with E-state index in [1.54, 1.807) is 19.1 Å². The summed E-state index contributed by atoms with van der Waals surface area (Å²) in [5.74, 6) is -0.722. The molecular weight excluding hydrogens is 474 g/mol. The zero-order valence-corrected chi connectivity index (χ0v) is 22.0. The van der Waals surface area contributed by atoms with Gasteiger partial charge in [-0.2, -0.15) is 0 Å². The van der Waals surface area contributed by atoms with Crippen LogP contribution in [-0.2, 0) is 26.2 Å². The molecule has 0 aliphatic heterocycles. The van der Waals surface area contributed by atoms with Gasteiger partial charge < -0.3 is 10.2 Å². The van der Waals surface area contributed by atoms with Crippen molar-refractivity contribution in [1.29, 1.82) is 0 Å². The van der Waals surface area contributed by atoms with Gasteiger partial charge in [0.25, 0.3) is 0 Å². The van der Waals surface area contributed by atoms with E-state index in [1.807, 2.05) is 45.0 Å². The molecule has 0 bridgehead atoms. The zero-order chi connectivity index (χ0) is 25.5. The fourth-order valence-corrected chi connectivity index (χ4v) is 4.80. The maximum Gasteiger partial charge on any atom is 0.244 e. The minimum atomic E-state index is -3.81. The van der Waals surface area contributed by atoms with Gasteiger partial charge in [0.1, 0.15) is 12.6 Å². The molecule has 0 fully saturated rings. The summed E-state index contributed by atoms with van der Waals surface area (Å²) in [5.41, 5.74) is 2.89. The largest absolute Gasteiger partial charge is 0.354 e. The minimum Gasteiger partial charge on any atom is -0.354 e. The molecule has 186 valence electrons. The first-order valence-corrected chi connectivity index (χ1v) is 13.6. The molecule has 2 rings (SSSR count). The lowest BCUT2D eigenvalue weighted by atomic mass is 10.1. The Morgan fingerprint density at radius 2 is 1.79 bits per heavy atom. The monoisotopic (exact) mass is 507 g/mol. The van der Waals surface area contributed by atoms with Crippen LogP contribution < -0.4 is 9.62 Å². The third-order valence-corrected chi connectivity index (χ3v) is 6.85. The fourth-order valence-electron chi connectivity index (χ4n) is 3.74. The van der Waals surface area contributed by atoms with Crippen molar-refractivity contribution in [1.82, 2.24) is 10.2 Å². The summed E-state index contributed by atoms with van der Waals surface area (Å²) >= 11 is 6.13. The van der Waals surface area contributed by atoms with E-state index in [9.17, 15) is 18.0 Å². The molecule has 9 heteroatoms. The number of hydrogen-bond donors (Lipinski definition) is 1. The van der Waals surface area contributed by atoms with Gasteiger partial charge in [0.15, 0.2) is 0 Å². The van der Waals surface area contributed by atoms with Gasteiger partial charge in [0.05, 0.1) is 11.9 Å². The first-order chi connectivity index (χ1) is 16.0. The minimum absolute atomic E-state index is 0.185. The van der Waals surface area contributed by atoms with Crippen molar-refractivity contribution in [2.45, 2.75) is 53.1 Å². The van der Waals surface area contributed by atoms with Gasteiger partial charge in [0.2, 0.25) is 21.8 Å². The van der Waals surface area contributed by atoms with Gasteiger partial charge in [-0.15, -0.1) is 0 Å². The summed E-state index contributed by atoms with van der Waals surface area (Å²) < 4.78 is 26.5. The van der Waals surface area contributed by atoms with Gasteiger partial charge in [-0.1, -0.05) is 61.3 Å². The van der Waals surface area contributed by atoms with Crippen molar-refractivity contribution in [2.75, 3.05) is 23.7 Å². The second-order valence-corrected chi connectivity index (χ2v) is 10.8. The standard InChI is InChI=1S/C25H34ClN3O4S/c1-6-13-27-25(31)22(7-2)28(16-20-10-8-9-18(3)14-20)24(30)17-29(34(5,32)33)23-15-21(26)12-11-19(23)4/h8-12,14-15,22H,6-7,13,16-17H2,1-5H3,(H,27,31). The molecule has 2 aromatic carbocycles. The molecule has 0 saturated heterocycles. The second kappa shape index (κ2) is 12.2. The number of rotatable bonds is 11. The highest BCUT2D eigenvalue weighted by molar-refractivity contribution is 7.92. The van der Waals surface area contributed by atoms with Gasteiger partial charge in [-0.05, 0) is 49.9 Å². The maximum absolute atomic E-state index is 13.6. The number of aryl methyl sites for hydroxylation is 2. The van der Waals surface area contributed by atoms with Crippen LogP contribution in [0.4, 0.5) is 5.69 Å². The van der Waals surface area contributed by atoms with Crippen molar-refractivity contribution in [3.63, 3.8) is 0 Å². The molecule has 1 N–H and O–H groups in total. The summed E-state index contributed by atoms with van der Waals surface area (Å²) in [6.45, 7) is 7.74. The number of hydrogen-bond acceptors (Lipinski definition) is 4. The Balaban J connectivity index is 2.47. The SMILES string of the molecule is CCCNC(=O)C(CC)N(Cc1cccc(C)c1)C(=O)CN(c1cc(Cl)ccc1C)S(C)(=O)=O. The van der Waals surface area contributed by atoms with Gasteiger partial charge in [-0.25, -0.2) is 8.42 Å². The van der Waals surface area contributed by atoms with E-state index in [-0.39, 0.29) is 12.5 Å². The summed E-state index contributed by atoms with van der Waals surface area (Å²) in [4.78, 5) is 28.0. The van der Waals surface area contributed by atoms with Crippen LogP contribution in [0.2, 0.25) is 5.02 Å². The Hall–Kier alpha value is -2.58. The van der Waals surface area contributed by atoms with Gasteiger partial charge >= 0.3 is 0 Å². The lowest BCUT2D eigenvalue weighted by Crippen LogP contribution is -2.52. The topological polar surface area (TPSA) is 86.8 Å². The van der Waals surface area contributed by atoms with Gasteiger partial charge in [0, 0.05) is 18.1 Å². The Morgan fingerprint density at radius 3 is 2.38 bits per heavy atom. The van der Waals surface area contributed by atoms with Crippen LogP contribution in [0.15, 0.2) is 42.5 Å². The van der Waals surface area contributed by atoms with Crippen LogP contribution in [0, 0.1) is 13.8 Å². The summed E-state index contributed by atoms with van der Waals surface area (Å²) in [6, 6.07) is 11.8. The smallest absolute Gasteiger partial charge is 0.244 e. The van der Waals surface area contributed by atoms with Crippen molar-refractivity contribution in [2.24, 2.45) is 0 Å². The lowest BCUT2D eigenvalue weighted by molar-refractivity contribution is -0.140. The number of halogens is 1. The predicted octanol–water partition coefficient (Wildman–Crippen LogP) is 4.06. The third-order valence-electron chi connectivity index (χ3n) is 5.49. The summed E-state index contributed by atoms with van der Waals surface area (Å²) in [6.07, 6.45) is 2.21. The van der Waals surface area contributed by atoms with E-state index in [0.29, 0.717) is 29.2 Å². The molecule has 34 heavy (non-hydrogen) atoms. The number of sulfonamides is 1. The second-order valence-electron chi connectivity index (χ2n) is 8.43. The number of carbonyl (C=O) groups excluding carboxylic acids is 2. The van der Waals surface area contributed by atoms with E-state index in [1.165, 1.54) is 11.0 Å². The van der Waals surface area contributed by atoms with Gasteiger partial charge in [-0.3, -0.25) is 13.9 Å². The van der Waals surface area contributed by atoms with Crippen LogP contribution in [0.25, 0.3) is 0 Å². The molecular formula is C25H34ClN3O4S. The number of anilines is 1. The van der Waals surface area contributed by atoms with E-state index in [2.05, 4.69) is 5.32 Å². The maximum atomic E-state index is 13.6. The molecule has 0 spiro atoms. The van der Waals surface area contributed by atoms with Crippen LogP contribution in [0.3, 0.4) is 0 Å². The number of nitrogens with zero attached hydrogens (tertiary/aromatic N) is 2. The Morgan fingerprint density at radius 1 is 1.09 bits per heavy atom. The van der Waals surface area contributed by atoms with E-state index in [4.69, 9.17) is 11.6 Å². The molecule has 0 radical (unpaired) electrons. The van der Waals surface area contributed by atoms with Crippen molar-refractivity contribution in [3.05, 3.63) is 64.2 Å². The molecule has 2 aromatic rings. The third kappa shape index (κ3) is 7.46. The summed E-state index contributed by atoms with van der Waals surface area (Å²) in [5, 5.41) is 3.23. The fraction of sp³-hybridized carbons (Fsp3) is 0.440. The Kier molecular flexibility index (Phi) is 9.94. The van der Waals surface area contributed by atoms with E-state index in [0.717, 1.165) is 28.1 Å². The van der Waals surface area contributed by atoms with E-state index >= 15 is 0 Å². The van der Waals surface area contributed by atoms with Crippen LogP contribution in [0.1, 0.15) is 43.4 Å². The van der Waals surface area contributed by atoms with Crippen LogP contribution in [-0.4, -0.2) is 50.5 Å². The average Bonchev–Trinajstić information content (AvgIpc) is 2.76. The molecule has 7 nitrogen and oxygen atoms in total. The van der Waals surface area contributed by atoms with Crippen molar-refractivity contribution in [3.8, 4) is 0 Å². The zero-order valence-electron chi connectivity index (χ0n) is 20.5. The van der Waals surface area contributed by atoms with E-state index < -0.39 is 28.5 Å². The van der Waals surface area contributed by atoms with Crippen LogP contribution in [0.5, 0.6) is 0 Å². The molecule has 0 aromatic heterocycles. The molecule has 0 heterocycles. The number of amides is 2. The lowest BCUT2D eigenvalue weighted by Gasteiger charge is -2.33. The van der Waals surface area contributed by atoms with Crippen molar-refractivity contribution < 1.29 is 18.0 Å². The molecule has 0 saturated carbocycles. The number of benzene rings is 2. The Labute approximate surface area is 208 Å². The Bertz CT molecular complexity index is 1120. The van der Waals surface area contributed by atoms with Crippen LogP contribution >= 0.6 is 11.6 Å².